The second-order valence-electron chi connectivity index (χ2n) is 6.58. The molecule has 3 heterocycles. The highest BCUT2D eigenvalue weighted by molar-refractivity contribution is 5.97. The standard InChI is InChI=1S/C21H17N5O/c1-12-13(2)25-26-20(12)19(27)8-15-7-17-9-18(24-21(17)23-11-15)16-5-3-14(10-22)4-6-16/h3-7,9,11H,8H2,1-2H3,(H,23,24)(H,25,26). The van der Waals surface area contributed by atoms with Crippen molar-refractivity contribution in [3.63, 3.8) is 0 Å². The van der Waals surface area contributed by atoms with Gasteiger partial charge in [-0.3, -0.25) is 9.89 Å². The molecule has 6 heteroatoms. The van der Waals surface area contributed by atoms with Crippen molar-refractivity contribution in [1.82, 2.24) is 20.2 Å². The average Bonchev–Trinajstić information content (AvgIpc) is 3.25. The van der Waals surface area contributed by atoms with E-state index in [1.165, 1.54) is 0 Å². The molecule has 27 heavy (non-hydrogen) atoms. The number of carbonyl (C=O) groups is 1. The summed E-state index contributed by atoms with van der Waals surface area (Å²) in [7, 11) is 0. The van der Waals surface area contributed by atoms with Crippen molar-refractivity contribution in [2.24, 2.45) is 0 Å². The van der Waals surface area contributed by atoms with Crippen molar-refractivity contribution in [3.8, 4) is 17.3 Å². The van der Waals surface area contributed by atoms with Crippen molar-refractivity contribution in [3.05, 3.63) is 70.7 Å². The molecule has 0 radical (unpaired) electrons. The minimum Gasteiger partial charge on any atom is -0.339 e. The zero-order valence-corrected chi connectivity index (χ0v) is 15.0. The van der Waals surface area contributed by atoms with Crippen molar-refractivity contribution >= 4 is 16.8 Å². The van der Waals surface area contributed by atoms with Gasteiger partial charge in [0.05, 0.1) is 11.6 Å². The Bertz CT molecular complexity index is 1190. The summed E-state index contributed by atoms with van der Waals surface area (Å²) in [4.78, 5) is 20.3. The van der Waals surface area contributed by atoms with E-state index in [0.717, 1.165) is 39.1 Å². The lowest BCUT2D eigenvalue weighted by Gasteiger charge is -2.00. The lowest BCUT2D eigenvalue weighted by Crippen LogP contribution is -2.06. The van der Waals surface area contributed by atoms with Gasteiger partial charge in [0.1, 0.15) is 11.3 Å². The summed E-state index contributed by atoms with van der Waals surface area (Å²) in [6, 6.07) is 13.5. The molecule has 0 aliphatic carbocycles. The molecular weight excluding hydrogens is 338 g/mol. The molecular formula is C21H17N5O. The Labute approximate surface area is 155 Å². The number of nitrogens with zero attached hydrogens (tertiary/aromatic N) is 3. The number of hydrogen-bond donors (Lipinski definition) is 2. The molecule has 4 rings (SSSR count). The third-order valence-electron chi connectivity index (χ3n) is 4.73. The minimum absolute atomic E-state index is 0.0270. The van der Waals surface area contributed by atoms with Crippen molar-refractivity contribution in [1.29, 1.82) is 5.26 Å². The van der Waals surface area contributed by atoms with E-state index in [1.54, 1.807) is 18.3 Å². The fraction of sp³-hybridized carbons (Fsp3) is 0.143. The van der Waals surface area contributed by atoms with Gasteiger partial charge in [-0.1, -0.05) is 12.1 Å². The van der Waals surface area contributed by atoms with E-state index in [1.807, 2.05) is 38.1 Å². The average molecular weight is 355 g/mol. The van der Waals surface area contributed by atoms with Crippen molar-refractivity contribution < 1.29 is 4.79 Å². The first-order chi connectivity index (χ1) is 13.0. The predicted octanol–water partition coefficient (Wildman–Crippen LogP) is 3.87. The van der Waals surface area contributed by atoms with E-state index in [9.17, 15) is 4.79 Å². The first-order valence-electron chi connectivity index (χ1n) is 8.58. The summed E-state index contributed by atoms with van der Waals surface area (Å²) in [5.74, 6) is -0.0270. The van der Waals surface area contributed by atoms with Gasteiger partial charge in [0, 0.05) is 35.0 Å². The number of aryl methyl sites for hydroxylation is 1. The first-order valence-corrected chi connectivity index (χ1v) is 8.58. The molecule has 0 bridgehead atoms. The van der Waals surface area contributed by atoms with Crippen LogP contribution >= 0.6 is 0 Å². The maximum Gasteiger partial charge on any atom is 0.187 e. The summed E-state index contributed by atoms with van der Waals surface area (Å²) in [6.45, 7) is 3.79. The number of pyridine rings is 1. The van der Waals surface area contributed by atoms with E-state index < -0.39 is 0 Å². The summed E-state index contributed by atoms with van der Waals surface area (Å²) in [5.41, 5.74) is 6.41. The summed E-state index contributed by atoms with van der Waals surface area (Å²) < 4.78 is 0. The number of hydrogen-bond acceptors (Lipinski definition) is 4. The van der Waals surface area contributed by atoms with E-state index in [0.29, 0.717) is 11.3 Å². The summed E-state index contributed by atoms with van der Waals surface area (Å²) in [5, 5.41) is 16.8. The van der Waals surface area contributed by atoms with Crippen molar-refractivity contribution in [2.45, 2.75) is 20.3 Å². The highest BCUT2D eigenvalue weighted by atomic mass is 16.1. The molecule has 0 atom stereocenters. The van der Waals surface area contributed by atoms with Gasteiger partial charge in [-0.25, -0.2) is 4.98 Å². The molecule has 2 N–H and O–H groups in total. The number of carbonyl (C=O) groups excluding carboxylic acids is 1. The Morgan fingerprint density at radius 1 is 1.19 bits per heavy atom. The molecule has 4 aromatic rings. The molecule has 0 unspecified atom stereocenters. The van der Waals surface area contributed by atoms with E-state index >= 15 is 0 Å². The first kappa shape index (κ1) is 16.7. The van der Waals surface area contributed by atoms with Gasteiger partial charge >= 0.3 is 0 Å². The van der Waals surface area contributed by atoms with E-state index in [4.69, 9.17) is 5.26 Å². The Morgan fingerprint density at radius 3 is 2.63 bits per heavy atom. The van der Waals surface area contributed by atoms with Crippen LogP contribution in [0.15, 0.2) is 42.6 Å². The van der Waals surface area contributed by atoms with Crippen molar-refractivity contribution in [2.75, 3.05) is 0 Å². The van der Waals surface area contributed by atoms with Gasteiger partial charge < -0.3 is 4.98 Å². The predicted molar refractivity (Wildman–Crippen MR) is 102 cm³/mol. The zero-order valence-electron chi connectivity index (χ0n) is 15.0. The summed E-state index contributed by atoms with van der Waals surface area (Å²) >= 11 is 0. The fourth-order valence-corrected chi connectivity index (χ4v) is 3.06. The monoisotopic (exact) mass is 355 g/mol. The van der Waals surface area contributed by atoms with Gasteiger partial charge in [0.25, 0.3) is 0 Å². The molecule has 0 saturated heterocycles. The Kier molecular flexibility index (Phi) is 4.05. The molecule has 0 saturated carbocycles. The van der Waals surface area contributed by atoms with Gasteiger partial charge in [0.15, 0.2) is 5.78 Å². The largest absolute Gasteiger partial charge is 0.339 e. The SMILES string of the molecule is Cc1[nH]nc(C(=O)Cc2cnc3[nH]c(-c4ccc(C#N)cc4)cc3c2)c1C. The van der Waals surface area contributed by atoms with Crippen LogP contribution in [0.25, 0.3) is 22.3 Å². The molecule has 1 aromatic carbocycles. The van der Waals surface area contributed by atoms with Crippen LogP contribution in [0, 0.1) is 25.2 Å². The van der Waals surface area contributed by atoms with Gasteiger partial charge in [0.2, 0.25) is 0 Å². The highest BCUT2D eigenvalue weighted by Crippen LogP contribution is 2.24. The van der Waals surface area contributed by atoms with Crippen LogP contribution in [-0.2, 0) is 6.42 Å². The lowest BCUT2D eigenvalue weighted by atomic mass is 10.0. The number of fused-ring (bicyclic) bond motifs is 1. The minimum atomic E-state index is -0.0270. The second kappa shape index (κ2) is 6.54. The van der Waals surface area contributed by atoms with Crippen LogP contribution in [0.2, 0.25) is 0 Å². The van der Waals surface area contributed by atoms with Crippen LogP contribution in [0.5, 0.6) is 0 Å². The van der Waals surface area contributed by atoms with Crippen LogP contribution in [0.4, 0.5) is 0 Å². The zero-order chi connectivity index (χ0) is 19.0. The molecule has 0 amide bonds. The molecule has 0 aliphatic rings. The number of aromatic nitrogens is 4. The maximum atomic E-state index is 12.5. The Balaban J connectivity index is 1.61. The molecule has 3 aromatic heterocycles. The third kappa shape index (κ3) is 3.11. The number of Topliss-reactive ketones (excluding diaryl/α,β-unsaturated/α-hetero) is 1. The number of ketones is 1. The normalized spacial score (nSPS) is 10.9. The smallest absolute Gasteiger partial charge is 0.187 e. The number of aromatic amines is 2. The molecule has 0 spiro atoms. The number of rotatable bonds is 4. The number of benzene rings is 1. The van der Waals surface area contributed by atoms with E-state index in [-0.39, 0.29) is 12.2 Å². The Hall–Kier alpha value is -3.72. The van der Waals surface area contributed by atoms with Crippen LogP contribution < -0.4 is 0 Å². The second-order valence-corrected chi connectivity index (χ2v) is 6.58. The van der Waals surface area contributed by atoms with Crippen LogP contribution in [-0.4, -0.2) is 25.9 Å². The number of nitriles is 1. The lowest BCUT2D eigenvalue weighted by molar-refractivity contribution is 0.0987. The quantitative estimate of drug-likeness (QED) is 0.543. The molecule has 0 fully saturated rings. The van der Waals surface area contributed by atoms with Crippen LogP contribution in [0.1, 0.15) is 32.9 Å². The third-order valence-corrected chi connectivity index (χ3v) is 4.73. The molecule has 6 nitrogen and oxygen atoms in total. The highest BCUT2D eigenvalue weighted by Gasteiger charge is 2.15. The molecule has 132 valence electrons. The number of nitrogens with one attached hydrogen (secondary N) is 2. The van der Waals surface area contributed by atoms with Gasteiger partial charge in [-0.2, -0.15) is 10.4 Å². The van der Waals surface area contributed by atoms with E-state index in [2.05, 4.69) is 26.2 Å². The van der Waals surface area contributed by atoms with Gasteiger partial charge in [-0.05, 0) is 49.2 Å². The summed E-state index contributed by atoms with van der Waals surface area (Å²) in [6.07, 6.45) is 1.97. The van der Waals surface area contributed by atoms with Gasteiger partial charge in [-0.15, -0.1) is 0 Å². The Morgan fingerprint density at radius 2 is 1.96 bits per heavy atom. The maximum absolute atomic E-state index is 12.5. The topological polar surface area (TPSA) is 98.2 Å². The van der Waals surface area contributed by atoms with Crippen LogP contribution in [0.3, 0.4) is 0 Å². The number of H-pyrrole nitrogens is 2. The molecule has 0 aliphatic heterocycles. The fourth-order valence-electron chi connectivity index (χ4n) is 3.06.